The van der Waals surface area contributed by atoms with Crippen LogP contribution >= 0.6 is 0 Å². The van der Waals surface area contributed by atoms with E-state index < -0.39 is 0 Å². The van der Waals surface area contributed by atoms with Crippen molar-refractivity contribution in [3.05, 3.63) is 18.0 Å². The minimum Gasteiger partial charge on any atom is -0.299 e. The maximum absolute atomic E-state index is 9.37. The zero-order valence-electron chi connectivity index (χ0n) is 11.7. The first kappa shape index (κ1) is 14.7. The molecule has 0 amide bonds. The first-order chi connectivity index (χ1) is 8.65. The first-order valence-electron chi connectivity index (χ1n) is 6.82. The molecule has 0 aliphatic rings. The lowest BCUT2D eigenvalue weighted by Crippen LogP contribution is -2.43. The molecule has 0 spiro atoms. The fraction of sp³-hybridized carbons (Fsp3) is 0.714. The molecule has 1 N–H and O–H groups in total. The molecule has 18 heavy (non-hydrogen) atoms. The third-order valence-electron chi connectivity index (χ3n) is 3.30. The summed E-state index contributed by atoms with van der Waals surface area (Å²) < 4.78 is 1.95. The van der Waals surface area contributed by atoms with Gasteiger partial charge in [-0.3, -0.25) is 10.00 Å². The van der Waals surface area contributed by atoms with E-state index >= 15 is 0 Å². The van der Waals surface area contributed by atoms with E-state index in [1.54, 1.807) is 0 Å². The SMILES string of the molecule is CCCNC(C#N)(CC)CCCn1ccc(C)n1. The van der Waals surface area contributed by atoms with Crippen molar-refractivity contribution in [3.8, 4) is 6.07 Å². The quantitative estimate of drug-likeness (QED) is 0.769. The standard InChI is InChI=1S/C14H24N4/c1-4-9-16-14(5-2,12-15)8-6-10-18-11-7-13(3)17-18/h7,11,16H,4-6,8-10H2,1-3H3. The monoisotopic (exact) mass is 248 g/mol. The Bertz CT molecular complexity index is 391. The fourth-order valence-electron chi connectivity index (χ4n) is 2.06. The van der Waals surface area contributed by atoms with Crippen LogP contribution in [0.1, 0.15) is 45.2 Å². The summed E-state index contributed by atoms with van der Waals surface area (Å²) in [5, 5.41) is 17.1. The lowest BCUT2D eigenvalue weighted by molar-refractivity contribution is 0.352. The highest BCUT2D eigenvalue weighted by Gasteiger charge is 2.26. The Labute approximate surface area is 110 Å². The van der Waals surface area contributed by atoms with Gasteiger partial charge in [-0.15, -0.1) is 0 Å². The van der Waals surface area contributed by atoms with Gasteiger partial charge in [-0.2, -0.15) is 10.4 Å². The summed E-state index contributed by atoms with van der Waals surface area (Å²) in [6.45, 7) is 7.97. The molecule has 0 saturated carbocycles. The summed E-state index contributed by atoms with van der Waals surface area (Å²) in [5.41, 5.74) is 0.680. The second-order valence-corrected chi connectivity index (χ2v) is 4.80. The van der Waals surface area contributed by atoms with Crippen LogP contribution in [0.4, 0.5) is 0 Å². The Morgan fingerprint density at radius 2 is 2.28 bits per heavy atom. The zero-order chi connectivity index (χ0) is 13.4. The zero-order valence-corrected chi connectivity index (χ0v) is 11.7. The van der Waals surface area contributed by atoms with Crippen molar-refractivity contribution in [3.63, 3.8) is 0 Å². The molecule has 0 aliphatic heterocycles. The van der Waals surface area contributed by atoms with Gasteiger partial charge in [-0.1, -0.05) is 13.8 Å². The molecule has 1 atom stereocenters. The number of hydrogen-bond donors (Lipinski definition) is 1. The maximum Gasteiger partial charge on any atom is 0.106 e. The third kappa shape index (κ3) is 4.15. The predicted octanol–water partition coefficient (Wildman–Crippen LogP) is 2.64. The van der Waals surface area contributed by atoms with Crippen molar-refractivity contribution in [2.24, 2.45) is 0 Å². The van der Waals surface area contributed by atoms with E-state index in [9.17, 15) is 5.26 Å². The average molecular weight is 248 g/mol. The minimum atomic E-state index is -0.363. The number of rotatable bonds is 8. The molecule has 0 aliphatic carbocycles. The Hall–Kier alpha value is -1.34. The van der Waals surface area contributed by atoms with Crippen LogP contribution in [0.5, 0.6) is 0 Å². The van der Waals surface area contributed by atoms with Crippen molar-refractivity contribution in [2.75, 3.05) is 6.54 Å². The summed E-state index contributed by atoms with van der Waals surface area (Å²) in [7, 11) is 0. The summed E-state index contributed by atoms with van der Waals surface area (Å²) >= 11 is 0. The fourth-order valence-corrected chi connectivity index (χ4v) is 2.06. The minimum absolute atomic E-state index is 0.363. The van der Waals surface area contributed by atoms with Crippen LogP contribution in [0.2, 0.25) is 0 Å². The number of aromatic nitrogens is 2. The van der Waals surface area contributed by atoms with Crippen molar-refractivity contribution in [1.82, 2.24) is 15.1 Å². The van der Waals surface area contributed by atoms with Crippen molar-refractivity contribution in [1.29, 1.82) is 5.26 Å². The van der Waals surface area contributed by atoms with Crippen LogP contribution in [-0.4, -0.2) is 21.9 Å². The van der Waals surface area contributed by atoms with Gasteiger partial charge >= 0.3 is 0 Å². The molecule has 1 aromatic heterocycles. The van der Waals surface area contributed by atoms with Gasteiger partial charge in [0.2, 0.25) is 0 Å². The molecule has 0 bridgehead atoms. The van der Waals surface area contributed by atoms with Gasteiger partial charge in [0.05, 0.1) is 11.8 Å². The molecule has 0 radical (unpaired) electrons. The second kappa shape index (κ2) is 7.17. The summed E-state index contributed by atoms with van der Waals surface area (Å²) in [4.78, 5) is 0. The van der Waals surface area contributed by atoms with E-state index in [-0.39, 0.29) is 5.54 Å². The lowest BCUT2D eigenvalue weighted by atomic mass is 9.92. The Morgan fingerprint density at radius 3 is 2.78 bits per heavy atom. The van der Waals surface area contributed by atoms with Gasteiger partial charge in [0.15, 0.2) is 0 Å². The van der Waals surface area contributed by atoms with Gasteiger partial charge in [-0.25, -0.2) is 0 Å². The first-order valence-corrected chi connectivity index (χ1v) is 6.82. The Balaban J connectivity index is 2.45. The van der Waals surface area contributed by atoms with E-state index in [1.165, 1.54) is 0 Å². The van der Waals surface area contributed by atoms with Crippen LogP contribution in [0, 0.1) is 18.3 Å². The molecular weight excluding hydrogens is 224 g/mol. The Kier molecular flexibility index (Phi) is 5.87. The van der Waals surface area contributed by atoms with Crippen molar-refractivity contribution >= 4 is 0 Å². The number of nitriles is 1. The van der Waals surface area contributed by atoms with E-state index in [1.807, 2.05) is 23.9 Å². The smallest absolute Gasteiger partial charge is 0.106 e. The second-order valence-electron chi connectivity index (χ2n) is 4.80. The normalized spacial score (nSPS) is 14.1. The average Bonchev–Trinajstić information content (AvgIpc) is 2.80. The number of nitrogens with one attached hydrogen (secondary N) is 1. The van der Waals surface area contributed by atoms with Crippen molar-refractivity contribution < 1.29 is 0 Å². The number of aryl methyl sites for hydroxylation is 2. The van der Waals surface area contributed by atoms with E-state index in [0.717, 1.165) is 44.5 Å². The molecular formula is C14H24N4. The third-order valence-corrected chi connectivity index (χ3v) is 3.30. The van der Waals surface area contributed by atoms with Gasteiger partial charge < -0.3 is 0 Å². The Morgan fingerprint density at radius 1 is 1.50 bits per heavy atom. The molecule has 0 aromatic carbocycles. The molecule has 100 valence electrons. The van der Waals surface area contributed by atoms with Gasteiger partial charge in [-0.05, 0) is 45.2 Å². The van der Waals surface area contributed by atoms with Crippen LogP contribution in [0.25, 0.3) is 0 Å². The molecule has 0 saturated heterocycles. The summed E-state index contributed by atoms with van der Waals surface area (Å²) in [5.74, 6) is 0. The van der Waals surface area contributed by atoms with Crippen LogP contribution in [-0.2, 0) is 6.54 Å². The summed E-state index contributed by atoms with van der Waals surface area (Å²) in [6.07, 6.45) is 5.75. The van der Waals surface area contributed by atoms with Crippen molar-refractivity contribution in [2.45, 2.75) is 58.5 Å². The molecule has 1 rings (SSSR count). The molecule has 1 heterocycles. The molecule has 1 unspecified atom stereocenters. The maximum atomic E-state index is 9.37. The summed E-state index contributed by atoms with van der Waals surface area (Å²) in [6, 6.07) is 4.46. The van der Waals surface area contributed by atoms with E-state index in [2.05, 4.69) is 30.3 Å². The largest absolute Gasteiger partial charge is 0.299 e. The molecule has 4 nitrogen and oxygen atoms in total. The van der Waals surface area contributed by atoms with Gasteiger partial charge in [0.25, 0.3) is 0 Å². The highest BCUT2D eigenvalue weighted by molar-refractivity contribution is 5.06. The van der Waals surface area contributed by atoms with E-state index in [0.29, 0.717) is 0 Å². The number of nitrogens with zero attached hydrogens (tertiary/aromatic N) is 3. The molecule has 1 aromatic rings. The van der Waals surface area contributed by atoms with E-state index in [4.69, 9.17) is 0 Å². The van der Waals surface area contributed by atoms with Crippen LogP contribution in [0.3, 0.4) is 0 Å². The highest BCUT2D eigenvalue weighted by atomic mass is 15.3. The highest BCUT2D eigenvalue weighted by Crippen LogP contribution is 2.17. The van der Waals surface area contributed by atoms with Gasteiger partial charge in [0, 0.05) is 12.7 Å². The van der Waals surface area contributed by atoms with Crippen LogP contribution in [0.15, 0.2) is 12.3 Å². The molecule has 4 heteroatoms. The topological polar surface area (TPSA) is 53.6 Å². The lowest BCUT2D eigenvalue weighted by Gasteiger charge is -2.26. The van der Waals surface area contributed by atoms with Gasteiger partial charge in [0.1, 0.15) is 5.54 Å². The predicted molar refractivity (Wildman–Crippen MR) is 73.1 cm³/mol. The number of hydrogen-bond acceptors (Lipinski definition) is 3. The van der Waals surface area contributed by atoms with Crippen LogP contribution < -0.4 is 5.32 Å². The molecule has 0 fully saturated rings.